The van der Waals surface area contributed by atoms with Crippen molar-refractivity contribution in [2.24, 2.45) is 11.7 Å². The van der Waals surface area contributed by atoms with Crippen molar-refractivity contribution in [1.82, 2.24) is 0 Å². The van der Waals surface area contributed by atoms with Crippen LogP contribution in [0.3, 0.4) is 0 Å². The average Bonchev–Trinajstić information content (AvgIpc) is 2.15. The van der Waals surface area contributed by atoms with Gasteiger partial charge in [0.2, 0.25) is 0 Å². The van der Waals surface area contributed by atoms with Gasteiger partial charge >= 0.3 is 0 Å². The summed E-state index contributed by atoms with van der Waals surface area (Å²) in [5.41, 5.74) is 6.84. The van der Waals surface area contributed by atoms with E-state index in [4.69, 9.17) is 17.3 Å². The Bertz CT molecular complexity index is 347. The van der Waals surface area contributed by atoms with Gasteiger partial charge in [-0.1, -0.05) is 47.4 Å². The molecule has 0 bridgehead atoms. The highest BCUT2D eigenvalue weighted by atomic mass is 79.9. The Balaban J connectivity index is 0.00000225. The number of aliphatic hydroxyl groups is 1. The number of hydrogen-bond acceptors (Lipinski definition) is 2. The molecule has 0 saturated heterocycles. The van der Waals surface area contributed by atoms with Crippen LogP contribution in [0.25, 0.3) is 0 Å². The van der Waals surface area contributed by atoms with Gasteiger partial charge in [0.25, 0.3) is 0 Å². The lowest BCUT2D eigenvalue weighted by molar-refractivity contribution is 0.0977. The van der Waals surface area contributed by atoms with Crippen LogP contribution in [0, 0.1) is 5.92 Å². The molecule has 0 spiro atoms. The van der Waals surface area contributed by atoms with Crippen molar-refractivity contribution in [1.29, 1.82) is 0 Å². The lowest BCUT2D eigenvalue weighted by atomic mass is 9.94. The van der Waals surface area contributed by atoms with Gasteiger partial charge < -0.3 is 10.8 Å². The molecule has 3 N–H and O–H groups in total. The zero-order valence-corrected chi connectivity index (χ0v) is 12.3. The Morgan fingerprint density at radius 2 is 1.94 bits per heavy atom. The van der Waals surface area contributed by atoms with E-state index < -0.39 is 12.1 Å². The van der Waals surface area contributed by atoms with Crippen molar-refractivity contribution in [3.8, 4) is 0 Å². The summed E-state index contributed by atoms with van der Waals surface area (Å²) in [6, 6.07) is 5.00. The quantitative estimate of drug-likeness (QED) is 0.891. The van der Waals surface area contributed by atoms with Gasteiger partial charge in [-0.15, -0.1) is 12.4 Å². The van der Waals surface area contributed by atoms with Crippen LogP contribution in [0.1, 0.15) is 25.5 Å². The SMILES string of the molecule is CC(C)[C@@H](O)[C@@H](N)c1ccc(Cl)cc1Br.Cl. The van der Waals surface area contributed by atoms with Gasteiger partial charge in [0.1, 0.15) is 0 Å². The van der Waals surface area contributed by atoms with Crippen LogP contribution in [0.4, 0.5) is 0 Å². The fraction of sp³-hybridized carbons (Fsp3) is 0.455. The first kappa shape index (κ1) is 16.2. The lowest BCUT2D eigenvalue weighted by Gasteiger charge is -2.23. The number of benzene rings is 1. The van der Waals surface area contributed by atoms with Crippen LogP contribution < -0.4 is 5.73 Å². The predicted octanol–water partition coefficient (Wildman–Crippen LogP) is 3.54. The molecule has 0 aliphatic carbocycles. The first-order valence-electron chi connectivity index (χ1n) is 4.82. The van der Waals surface area contributed by atoms with Gasteiger partial charge in [-0.2, -0.15) is 0 Å². The highest BCUT2D eigenvalue weighted by Crippen LogP contribution is 2.28. The van der Waals surface area contributed by atoms with Gasteiger partial charge in [-0.05, 0) is 23.6 Å². The Morgan fingerprint density at radius 1 is 1.38 bits per heavy atom. The van der Waals surface area contributed by atoms with Gasteiger partial charge in [0.05, 0.1) is 12.1 Å². The monoisotopic (exact) mass is 327 g/mol. The largest absolute Gasteiger partial charge is 0.391 e. The lowest BCUT2D eigenvalue weighted by Crippen LogP contribution is -2.30. The maximum absolute atomic E-state index is 9.86. The molecule has 0 radical (unpaired) electrons. The molecule has 2 atom stereocenters. The van der Waals surface area contributed by atoms with Gasteiger partial charge in [-0.25, -0.2) is 0 Å². The third-order valence-corrected chi connectivity index (χ3v) is 3.29. The summed E-state index contributed by atoms with van der Waals surface area (Å²) in [6.07, 6.45) is -0.553. The van der Waals surface area contributed by atoms with Crippen molar-refractivity contribution in [3.05, 3.63) is 33.3 Å². The molecule has 0 aliphatic heterocycles. The van der Waals surface area contributed by atoms with E-state index in [-0.39, 0.29) is 18.3 Å². The number of hydrogen-bond donors (Lipinski definition) is 2. The normalized spacial score (nSPS) is 14.4. The Kier molecular flexibility index (Phi) is 6.90. The van der Waals surface area contributed by atoms with E-state index in [0.717, 1.165) is 10.0 Å². The molecule has 1 rings (SSSR count). The minimum absolute atomic E-state index is 0. The van der Waals surface area contributed by atoms with E-state index in [9.17, 15) is 5.11 Å². The zero-order valence-electron chi connectivity index (χ0n) is 9.15. The molecule has 1 aromatic carbocycles. The third-order valence-electron chi connectivity index (χ3n) is 2.37. The van der Waals surface area contributed by atoms with Gasteiger partial charge in [-0.3, -0.25) is 0 Å². The molecular formula is C11H16BrCl2NO. The number of rotatable bonds is 3. The molecule has 0 unspecified atom stereocenters. The fourth-order valence-corrected chi connectivity index (χ4v) is 2.32. The minimum atomic E-state index is -0.553. The minimum Gasteiger partial charge on any atom is -0.391 e. The first-order valence-corrected chi connectivity index (χ1v) is 5.99. The van der Waals surface area contributed by atoms with Crippen molar-refractivity contribution in [3.63, 3.8) is 0 Å². The zero-order chi connectivity index (χ0) is 11.6. The summed E-state index contributed by atoms with van der Waals surface area (Å²) < 4.78 is 0.835. The third kappa shape index (κ3) is 3.90. The first-order chi connectivity index (χ1) is 6.93. The molecule has 2 nitrogen and oxygen atoms in total. The second-order valence-electron chi connectivity index (χ2n) is 3.93. The highest BCUT2D eigenvalue weighted by molar-refractivity contribution is 9.10. The van der Waals surface area contributed by atoms with E-state index in [1.165, 1.54) is 0 Å². The second kappa shape index (κ2) is 6.82. The standard InChI is InChI=1S/C11H15BrClNO.ClH/c1-6(2)11(15)10(14)8-4-3-7(13)5-9(8)12;/h3-6,10-11,15H,14H2,1-2H3;1H/t10-,11+;/m0./s1. The smallest absolute Gasteiger partial charge is 0.0756 e. The van der Waals surface area contributed by atoms with Gasteiger partial charge in [0, 0.05) is 9.50 Å². The summed E-state index contributed by atoms with van der Waals surface area (Å²) >= 11 is 9.22. The Morgan fingerprint density at radius 3 is 2.38 bits per heavy atom. The molecule has 92 valence electrons. The van der Waals surface area contributed by atoms with Crippen molar-refractivity contribution < 1.29 is 5.11 Å². The Hall–Kier alpha value is 0.200. The molecule has 5 heteroatoms. The van der Waals surface area contributed by atoms with Crippen LogP contribution in [0.2, 0.25) is 5.02 Å². The maximum atomic E-state index is 9.86. The van der Waals surface area contributed by atoms with Gasteiger partial charge in [0.15, 0.2) is 0 Å². The van der Waals surface area contributed by atoms with Crippen LogP contribution >= 0.6 is 39.9 Å². The molecule has 1 aromatic rings. The highest BCUT2D eigenvalue weighted by Gasteiger charge is 2.21. The van der Waals surface area contributed by atoms with Crippen molar-refractivity contribution in [2.75, 3.05) is 0 Å². The number of nitrogens with two attached hydrogens (primary N) is 1. The van der Waals surface area contributed by atoms with Crippen molar-refractivity contribution in [2.45, 2.75) is 26.0 Å². The fourth-order valence-electron chi connectivity index (χ4n) is 1.37. The predicted molar refractivity (Wildman–Crippen MR) is 74.2 cm³/mol. The van der Waals surface area contributed by atoms with Crippen LogP contribution in [0.5, 0.6) is 0 Å². The number of halogens is 3. The molecule has 0 aliphatic rings. The number of aliphatic hydroxyl groups excluding tert-OH is 1. The van der Waals surface area contributed by atoms with E-state index in [1.54, 1.807) is 12.1 Å². The maximum Gasteiger partial charge on any atom is 0.0756 e. The average molecular weight is 329 g/mol. The molecule has 0 heterocycles. The molecule has 0 amide bonds. The Labute approximate surface area is 116 Å². The van der Waals surface area contributed by atoms with E-state index in [2.05, 4.69) is 15.9 Å². The van der Waals surface area contributed by atoms with E-state index in [1.807, 2.05) is 19.9 Å². The van der Waals surface area contributed by atoms with E-state index >= 15 is 0 Å². The second-order valence-corrected chi connectivity index (χ2v) is 5.22. The van der Waals surface area contributed by atoms with Crippen LogP contribution in [0.15, 0.2) is 22.7 Å². The topological polar surface area (TPSA) is 46.2 Å². The summed E-state index contributed by atoms with van der Waals surface area (Å²) in [4.78, 5) is 0. The van der Waals surface area contributed by atoms with Crippen molar-refractivity contribution >= 4 is 39.9 Å². The molecular weight excluding hydrogens is 313 g/mol. The molecule has 0 saturated carbocycles. The summed E-state index contributed by atoms with van der Waals surface area (Å²) in [6.45, 7) is 3.88. The summed E-state index contributed by atoms with van der Waals surface area (Å²) in [5.74, 6) is 0.127. The van der Waals surface area contributed by atoms with Crippen LogP contribution in [-0.4, -0.2) is 11.2 Å². The van der Waals surface area contributed by atoms with E-state index in [0.29, 0.717) is 5.02 Å². The molecule has 0 fully saturated rings. The molecule has 0 aromatic heterocycles. The van der Waals surface area contributed by atoms with Crippen LogP contribution in [-0.2, 0) is 0 Å². The summed E-state index contributed by atoms with van der Waals surface area (Å²) in [5, 5.41) is 10.5. The summed E-state index contributed by atoms with van der Waals surface area (Å²) in [7, 11) is 0. The molecule has 16 heavy (non-hydrogen) atoms.